The molecule has 1 aliphatic rings. The van der Waals surface area contributed by atoms with Crippen molar-refractivity contribution in [3.63, 3.8) is 0 Å². The molecule has 5 atom stereocenters. The summed E-state index contributed by atoms with van der Waals surface area (Å²) in [5.74, 6) is -16.6. The van der Waals surface area contributed by atoms with E-state index in [1.165, 1.54) is 0 Å². The van der Waals surface area contributed by atoms with Crippen LogP contribution in [0, 0.1) is 0 Å². The number of esters is 3. The summed E-state index contributed by atoms with van der Waals surface area (Å²) in [7, 11) is 0. The van der Waals surface area contributed by atoms with Crippen LogP contribution in [0.25, 0.3) is 0 Å². The molecule has 0 radical (unpaired) electrons. The van der Waals surface area contributed by atoms with E-state index in [1.54, 1.807) is 0 Å². The Morgan fingerprint density at radius 2 is 0.963 bits per heavy atom. The largest absolute Gasteiger partial charge is 0.504 e. The zero-order valence-electron chi connectivity index (χ0n) is 26.8. The predicted octanol–water partition coefficient (Wildman–Crippen LogP) is 0.927. The first-order valence-corrected chi connectivity index (χ1v) is 15.0. The lowest BCUT2D eigenvalue weighted by Gasteiger charge is -2.42. The molecular weight excluding hydrogens is 732 g/mol. The van der Waals surface area contributed by atoms with Crippen molar-refractivity contribution in [3.05, 3.63) is 65.2 Å². The molecule has 54 heavy (non-hydrogen) atoms. The lowest BCUT2D eigenvalue weighted by atomic mass is 9.98. The van der Waals surface area contributed by atoms with Crippen molar-refractivity contribution in [3.8, 4) is 74.7 Å². The highest BCUT2D eigenvalue weighted by Crippen LogP contribution is 2.47. The topological polar surface area (TPSA) is 360 Å². The van der Waals surface area contributed by atoms with Crippen LogP contribution in [0.4, 0.5) is 0 Å². The van der Waals surface area contributed by atoms with Crippen LogP contribution in [0.3, 0.4) is 0 Å². The molecule has 1 heterocycles. The van der Waals surface area contributed by atoms with E-state index in [9.17, 15) is 80.8 Å². The van der Waals surface area contributed by atoms with Crippen LogP contribution in [0.2, 0.25) is 0 Å². The summed E-state index contributed by atoms with van der Waals surface area (Å²) in [6.45, 7) is -1.06. The number of phenols is 11. The molecule has 0 aliphatic carbocycles. The average Bonchev–Trinajstić information content (AvgIpc) is 3.13. The van der Waals surface area contributed by atoms with E-state index < -0.39 is 147 Å². The standard InChI is InChI=1S/C33H28O21/c34-9-21-27(46)28(52-30(47)10-3-14(36)22(41)15(37)4-10)29(53-31(48)11-5-16(38)23(42)17(39)6-11)33(51-21)54-32(49)12-7-18(40)24(43)20(8-12)50-19-2-1-13(35)25(44)26(19)45/h1-8,21,27-29,33-46H,9H2/t21-,27+,28+,29-,33-/m0/s1. The molecule has 0 aromatic heterocycles. The smallest absolute Gasteiger partial charge is 0.340 e. The van der Waals surface area contributed by atoms with E-state index in [0.717, 1.165) is 18.2 Å². The van der Waals surface area contributed by atoms with Crippen molar-refractivity contribution in [2.24, 2.45) is 0 Å². The van der Waals surface area contributed by atoms with Gasteiger partial charge in [0.2, 0.25) is 29.6 Å². The van der Waals surface area contributed by atoms with E-state index in [0.29, 0.717) is 30.3 Å². The highest BCUT2D eigenvalue weighted by molar-refractivity contribution is 5.93. The van der Waals surface area contributed by atoms with Gasteiger partial charge in [0.25, 0.3) is 0 Å². The second-order valence-electron chi connectivity index (χ2n) is 11.3. The van der Waals surface area contributed by atoms with Crippen molar-refractivity contribution in [2.75, 3.05) is 6.61 Å². The van der Waals surface area contributed by atoms with Gasteiger partial charge in [0.15, 0.2) is 63.6 Å². The number of hydrogen-bond acceptors (Lipinski definition) is 21. The fraction of sp³-hybridized carbons (Fsp3) is 0.182. The molecule has 1 fully saturated rings. The molecule has 4 aromatic carbocycles. The van der Waals surface area contributed by atoms with Crippen molar-refractivity contribution in [2.45, 2.75) is 30.7 Å². The van der Waals surface area contributed by atoms with Gasteiger partial charge >= 0.3 is 17.9 Å². The number of carbonyl (C=O) groups is 3. The fourth-order valence-electron chi connectivity index (χ4n) is 4.94. The molecule has 4 aromatic rings. The van der Waals surface area contributed by atoms with Gasteiger partial charge in [-0.25, -0.2) is 14.4 Å². The number of aliphatic hydroxyl groups excluding tert-OH is 2. The number of aliphatic hydroxyl groups is 2. The van der Waals surface area contributed by atoms with Crippen molar-refractivity contribution < 1.29 is 104 Å². The Hall–Kier alpha value is -7.23. The minimum absolute atomic E-state index is 0.584. The second-order valence-corrected chi connectivity index (χ2v) is 11.3. The monoisotopic (exact) mass is 760 g/mol. The van der Waals surface area contributed by atoms with E-state index in [2.05, 4.69) is 0 Å². The Morgan fingerprint density at radius 3 is 1.46 bits per heavy atom. The minimum atomic E-state index is -2.26. The fourth-order valence-corrected chi connectivity index (χ4v) is 4.94. The van der Waals surface area contributed by atoms with Crippen LogP contribution in [0.1, 0.15) is 31.1 Å². The van der Waals surface area contributed by atoms with E-state index >= 15 is 0 Å². The van der Waals surface area contributed by atoms with Gasteiger partial charge in [0, 0.05) is 0 Å². The van der Waals surface area contributed by atoms with Crippen LogP contribution >= 0.6 is 0 Å². The predicted molar refractivity (Wildman–Crippen MR) is 170 cm³/mol. The summed E-state index contributed by atoms with van der Waals surface area (Å²) in [5.41, 5.74) is -1.98. The maximum Gasteiger partial charge on any atom is 0.340 e. The first-order valence-electron chi connectivity index (χ1n) is 15.0. The van der Waals surface area contributed by atoms with Gasteiger partial charge in [-0.15, -0.1) is 0 Å². The highest BCUT2D eigenvalue weighted by atomic mass is 16.7. The molecular formula is C33H28O21. The minimum Gasteiger partial charge on any atom is -0.504 e. The van der Waals surface area contributed by atoms with Crippen molar-refractivity contribution in [1.82, 2.24) is 0 Å². The Bertz CT molecular complexity index is 2080. The number of benzene rings is 4. The summed E-state index contributed by atoms with van der Waals surface area (Å²) in [4.78, 5) is 39.9. The molecule has 0 spiro atoms. The van der Waals surface area contributed by atoms with Gasteiger partial charge in [-0.2, -0.15) is 0 Å². The molecule has 21 heteroatoms. The maximum absolute atomic E-state index is 13.5. The van der Waals surface area contributed by atoms with E-state index in [1.807, 2.05) is 0 Å². The third kappa shape index (κ3) is 7.38. The lowest BCUT2D eigenvalue weighted by Crippen LogP contribution is -2.62. The lowest BCUT2D eigenvalue weighted by molar-refractivity contribution is -0.283. The summed E-state index contributed by atoms with van der Waals surface area (Å²) < 4.78 is 26.7. The van der Waals surface area contributed by atoms with Crippen LogP contribution in [-0.2, 0) is 18.9 Å². The van der Waals surface area contributed by atoms with Crippen molar-refractivity contribution in [1.29, 1.82) is 0 Å². The number of carbonyl (C=O) groups excluding carboxylic acids is 3. The molecule has 13 N–H and O–H groups in total. The van der Waals surface area contributed by atoms with Crippen LogP contribution < -0.4 is 4.74 Å². The Kier molecular flexibility index (Phi) is 10.4. The SMILES string of the molecule is O=C(O[C@@H]1O[C@@H](CO)[C@@H](O)[C@@H](OC(=O)c2cc(O)c(O)c(O)c2)[C@@H]1OC(=O)c1cc(O)c(O)c(O)c1)c1cc(O)c(O)c(Oc2ccc(O)c(O)c2O)c1. The van der Waals surface area contributed by atoms with Gasteiger partial charge in [0.1, 0.15) is 12.2 Å². The molecule has 0 unspecified atom stereocenters. The summed E-state index contributed by atoms with van der Waals surface area (Å²) in [5, 5.41) is 130. The Labute approximate surface area is 299 Å². The molecule has 1 saturated heterocycles. The molecule has 0 saturated carbocycles. The van der Waals surface area contributed by atoms with Gasteiger partial charge in [0.05, 0.1) is 23.3 Å². The molecule has 21 nitrogen and oxygen atoms in total. The van der Waals surface area contributed by atoms with Crippen molar-refractivity contribution >= 4 is 17.9 Å². The van der Waals surface area contributed by atoms with Gasteiger partial charge < -0.3 is 90.1 Å². The zero-order valence-corrected chi connectivity index (χ0v) is 26.8. The molecule has 0 amide bonds. The highest BCUT2D eigenvalue weighted by Gasteiger charge is 2.52. The number of aromatic hydroxyl groups is 11. The molecule has 0 bridgehead atoms. The summed E-state index contributed by atoms with van der Waals surface area (Å²) >= 11 is 0. The van der Waals surface area contributed by atoms with E-state index in [-0.39, 0.29) is 0 Å². The Morgan fingerprint density at radius 1 is 0.519 bits per heavy atom. The number of ether oxygens (including phenoxy) is 5. The van der Waals surface area contributed by atoms with Crippen LogP contribution in [0.15, 0.2) is 48.5 Å². The zero-order chi connectivity index (χ0) is 39.8. The third-order valence-corrected chi connectivity index (χ3v) is 7.72. The third-order valence-electron chi connectivity index (χ3n) is 7.72. The Balaban J connectivity index is 1.52. The maximum atomic E-state index is 13.5. The summed E-state index contributed by atoms with van der Waals surface area (Å²) in [6.07, 6.45) is -10.6. The normalized spacial score (nSPS) is 19.4. The van der Waals surface area contributed by atoms with Gasteiger partial charge in [-0.05, 0) is 48.5 Å². The second kappa shape index (κ2) is 14.8. The number of hydrogen-bond donors (Lipinski definition) is 13. The average molecular weight is 761 g/mol. The number of phenolic OH excluding ortho intramolecular Hbond substituents is 11. The number of rotatable bonds is 9. The van der Waals surface area contributed by atoms with Crippen LogP contribution in [0.5, 0.6) is 74.7 Å². The van der Waals surface area contributed by atoms with Crippen LogP contribution in [-0.4, -0.2) is 122 Å². The quantitative estimate of drug-likeness (QED) is 0.0640. The first-order chi connectivity index (χ1) is 25.4. The van der Waals surface area contributed by atoms with E-state index in [4.69, 9.17) is 23.7 Å². The first kappa shape index (κ1) is 38.0. The van der Waals surface area contributed by atoms with Gasteiger partial charge in [-0.3, -0.25) is 0 Å². The molecule has 286 valence electrons. The molecule has 5 rings (SSSR count). The van der Waals surface area contributed by atoms with Gasteiger partial charge in [-0.1, -0.05) is 0 Å². The molecule has 1 aliphatic heterocycles. The summed E-state index contributed by atoms with van der Waals surface area (Å²) in [6, 6.07) is 5.76.